The number of nitrogens with zero attached hydrogens (tertiary/aromatic N) is 6. The average Bonchev–Trinajstić information content (AvgIpc) is 3.37. The summed E-state index contributed by atoms with van der Waals surface area (Å²) >= 11 is 6.38. The van der Waals surface area contributed by atoms with Crippen LogP contribution >= 0.6 is 11.6 Å². The van der Waals surface area contributed by atoms with Gasteiger partial charge in [-0.15, -0.1) is 0 Å². The van der Waals surface area contributed by atoms with Gasteiger partial charge in [0.1, 0.15) is 29.3 Å². The van der Waals surface area contributed by atoms with E-state index in [-0.39, 0.29) is 39.1 Å². The largest absolute Gasteiger partial charge is 0.382 e. The summed E-state index contributed by atoms with van der Waals surface area (Å²) in [4.78, 5) is 26.6. The number of H-pyrrole nitrogens is 1. The number of anilines is 3. The van der Waals surface area contributed by atoms with Crippen molar-refractivity contribution >= 4 is 40.1 Å². The molecule has 2 aromatic carbocycles. The smallest absolute Gasteiger partial charge is 0.267 e. The van der Waals surface area contributed by atoms with Crippen LogP contribution in [0.25, 0.3) is 16.6 Å². The number of benzene rings is 2. The molecule has 3 aromatic heterocycles. The van der Waals surface area contributed by atoms with Crippen LogP contribution in [-0.2, 0) is 0 Å². The summed E-state index contributed by atoms with van der Waals surface area (Å²) in [5, 5.41) is 20.1. The summed E-state index contributed by atoms with van der Waals surface area (Å²) in [6.45, 7) is 0. The fourth-order valence-corrected chi connectivity index (χ4v) is 4.06. The van der Waals surface area contributed by atoms with Crippen LogP contribution in [0.1, 0.15) is 23.0 Å². The van der Waals surface area contributed by atoms with E-state index in [0.29, 0.717) is 17.0 Å². The molecule has 5 rings (SSSR count). The Balaban J connectivity index is 1.83. The zero-order chi connectivity index (χ0) is 24.5. The van der Waals surface area contributed by atoms with E-state index in [1.807, 2.05) is 36.4 Å². The summed E-state index contributed by atoms with van der Waals surface area (Å²) in [5.41, 5.74) is 12.9. The lowest BCUT2D eigenvalue weighted by molar-refractivity contribution is 0.760. The van der Waals surface area contributed by atoms with Gasteiger partial charge in [0, 0.05) is 6.20 Å². The van der Waals surface area contributed by atoms with Crippen LogP contribution in [0.2, 0.25) is 5.02 Å². The Bertz CT molecular complexity index is 1640. The summed E-state index contributed by atoms with van der Waals surface area (Å²) in [5.74, 6) is 0.226. The molecule has 0 spiro atoms. The maximum absolute atomic E-state index is 13.7. The fourth-order valence-electron chi connectivity index (χ4n) is 3.81. The van der Waals surface area contributed by atoms with E-state index in [9.17, 15) is 10.1 Å². The van der Waals surface area contributed by atoms with Gasteiger partial charge in [0.15, 0.2) is 5.82 Å². The zero-order valence-corrected chi connectivity index (χ0v) is 18.7. The molecule has 0 aliphatic carbocycles. The van der Waals surface area contributed by atoms with Gasteiger partial charge in [-0.2, -0.15) is 20.3 Å². The van der Waals surface area contributed by atoms with Crippen molar-refractivity contribution in [3.63, 3.8) is 0 Å². The lowest BCUT2D eigenvalue weighted by Crippen LogP contribution is -2.29. The van der Waals surface area contributed by atoms with Crippen LogP contribution in [0.4, 0.5) is 17.6 Å². The first-order valence-electron chi connectivity index (χ1n) is 10.3. The molecule has 11 nitrogen and oxygen atoms in total. The number of nitriles is 1. The SMILES string of the molecule is N#Cc1c(N)nc(N)nc1NC(c1ccccc1)c1nc2cccc(Cl)c2c(=O)n1-c1cn[nH]c1. The Morgan fingerprint density at radius 3 is 2.60 bits per heavy atom. The van der Waals surface area contributed by atoms with Crippen LogP contribution in [0.5, 0.6) is 0 Å². The second kappa shape index (κ2) is 8.77. The van der Waals surface area contributed by atoms with Gasteiger partial charge in [-0.25, -0.2) is 4.98 Å². The predicted molar refractivity (Wildman–Crippen MR) is 132 cm³/mol. The highest BCUT2D eigenvalue weighted by atomic mass is 35.5. The van der Waals surface area contributed by atoms with Gasteiger partial charge in [0.2, 0.25) is 5.95 Å². The van der Waals surface area contributed by atoms with Crippen molar-refractivity contribution in [3.8, 4) is 11.8 Å². The molecule has 5 aromatic rings. The Morgan fingerprint density at radius 1 is 1.09 bits per heavy atom. The molecule has 0 amide bonds. The van der Waals surface area contributed by atoms with E-state index < -0.39 is 6.04 Å². The molecule has 0 aliphatic heterocycles. The van der Waals surface area contributed by atoms with Crippen molar-refractivity contribution in [2.75, 3.05) is 16.8 Å². The molecule has 1 atom stereocenters. The average molecular weight is 485 g/mol. The lowest BCUT2D eigenvalue weighted by atomic mass is 10.0. The molecule has 0 bridgehead atoms. The number of nitrogen functional groups attached to an aromatic ring is 2. The van der Waals surface area contributed by atoms with Crippen molar-refractivity contribution in [2.45, 2.75) is 6.04 Å². The second-order valence-corrected chi connectivity index (χ2v) is 7.90. The van der Waals surface area contributed by atoms with Crippen LogP contribution in [0.15, 0.2) is 65.7 Å². The third kappa shape index (κ3) is 3.88. The van der Waals surface area contributed by atoms with Gasteiger partial charge >= 0.3 is 0 Å². The molecule has 0 saturated heterocycles. The first kappa shape index (κ1) is 21.9. The Labute approximate surface area is 203 Å². The molecule has 172 valence electrons. The molecule has 3 heterocycles. The second-order valence-electron chi connectivity index (χ2n) is 7.49. The number of nitrogens with one attached hydrogen (secondary N) is 2. The normalized spacial score (nSPS) is 11.8. The maximum atomic E-state index is 13.7. The molecule has 0 radical (unpaired) electrons. The topological polar surface area (TPSA) is 177 Å². The Kier molecular flexibility index (Phi) is 5.48. The first-order chi connectivity index (χ1) is 17.0. The zero-order valence-electron chi connectivity index (χ0n) is 18.0. The molecule has 0 fully saturated rings. The highest BCUT2D eigenvalue weighted by molar-refractivity contribution is 6.35. The summed E-state index contributed by atoms with van der Waals surface area (Å²) in [7, 11) is 0. The number of aromatic amines is 1. The highest BCUT2D eigenvalue weighted by Crippen LogP contribution is 2.30. The van der Waals surface area contributed by atoms with E-state index in [2.05, 4.69) is 25.5 Å². The molecule has 0 aliphatic rings. The van der Waals surface area contributed by atoms with Crippen LogP contribution in [-0.4, -0.2) is 29.7 Å². The van der Waals surface area contributed by atoms with E-state index in [0.717, 1.165) is 5.56 Å². The maximum Gasteiger partial charge on any atom is 0.267 e. The molecule has 12 heteroatoms. The number of rotatable bonds is 5. The minimum absolute atomic E-state index is 0.0150. The molecular weight excluding hydrogens is 468 g/mol. The fraction of sp³-hybridized carbons (Fsp3) is 0.0435. The van der Waals surface area contributed by atoms with E-state index in [1.165, 1.54) is 10.8 Å². The quantitative estimate of drug-likeness (QED) is 0.292. The lowest BCUT2D eigenvalue weighted by Gasteiger charge is -2.23. The van der Waals surface area contributed by atoms with Crippen molar-refractivity contribution in [2.24, 2.45) is 0 Å². The predicted octanol–water partition coefficient (Wildman–Crippen LogP) is 2.79. The number of hydrogen-bond donors (Lipinski definition) is 4. The Morgan fingerprint density at radius 2 is 1.89 bits per heavy atom. The molecular formula is C23H17ClN10O. The highest BCUT2D eigenvalue weighted by Gasteiger charge is 2.26. The molecule has 1 unspecified atom stereocenters. The Hall–Kier alpha value is -4.95. The number of fused-ring (bicyclic) bond motifs is 1. The summed E-state index contributed by atoms with van der Waals surface area (Å²) < 4.78 is 1.41. The molecule has 0 saturated carbocycles. The first-order valence-corrected chi connectivity index (χ1v) is 10.7. The van der Waals surface area contributed by atoms with E-state index >= 15 is 0 Å². The molecule has 6 N–H and O–H groups in total. The van der Waals surface area contributed by atoms with Crippen LogP contribution < -0.4 is 22.3 Å². The van der Waals surface area contributed by atoms with Gasteiger partial charge < -0.3 is 16.8 Å². The number of hydrogen-bond acceptors (Lipinski definition) is 9. The van der Waals surface area contributed by atoms with Gasteiger partial charge in [0.25, 0.3) is 5.56 Å². The summed E-state index contributed by atoms with van der Waals surface area (Å²) in [6.07, 6.45) is 3.07. The number of aromatic nitrogens is 6. The van der Waals surface area contributed by atoms with Crippen molar-refractivity contribution in [1.82, 2.24) is 29.7 Å². The minimum atomic E-state index is -0.761. The van der Waals surface area contributed by atoms with Gasteiger partial charge in [-0.3, -0.25) is 14.5 Å². The van der Waals surface area contributed by atoms with Gasteiger partial charge in [0.05, 0.1) is 27.8 Å². The monoisotopic (exact) mass is 484 g/mol. The number of halogens is 1. The van der Waals surface area contributed by atoms with Gasteiger partial charge in [-0.05, 0) is 17.7 Å². The minimum Gasteiger partial charge on any atom is -0.382 e. The van der Waals surface area contributed by atoms with Crippen molar-refractivity contribution in [3.05, 3.63) is 93.3 Å². The summed E-state index contributed by atoms with van der Waals surface area (Å²) in [6, 6.07) is 15.5. The number of nitrogens with two attached hydrogens (primary N) is 2. The van der Waals surface area contributed by atoms with Crippen LogP contribution in [0.3, 0.4) is 0 Å². The standard InChI is InChI=1S/C23H17ClN10O/c24-15-7-4-8-16-17(15)22(35)34(13-10-28-29-11-13)21(30-16)18(12-5-2-1-3-6-12)31-20-14(9-25)19(26)32-23(27)33-20/h1-8,10-11,18H,(H,28,29)(H5,26,27,31,32,33). The van der Waals surface area contributed by atoms with E-state index in [4.69, 9.17) is 28.1 Å². The van der Waals surface area contributed by atoms with Crippen LogP contribution in [0, 0.1) is 11.3 Å². The molecule has 35 heavy (non-hydrogen) atoms. The van der Waals surface area contributed by atoms with E-state index in [1.54, 1.807) is 24.4 Å². The van der Waals surface area contributed by atoms with Crippen molar-refractivity contribution < 1.29 is 0 Å². The van der Waals surface area contributed by atoms with Gasteiger partial charge in [-0.1, -0.05) is 48.0 Å². The third-order valence-corrected chi connectivity index (χ3v) is 5.67. The van der Waals surface area contributed by atoms with Crippen molar-refractivity contribution in [1.29, 1.82) is 5.26 Å². The third-order valence-electron chi connectivity index (χ3n) is 5.35.